The Morgan fingerprint density at radius 3 is 2.40 bits per heavy atom. The van der Waals surface area contributed by atoms with Gasteiger partial charge in [0.05, 0.1) is 18.8 Å². The minimum atomic E-state index is 0.168. The molecule has 0 saturated heterocycles. The Morgan fingerprint density at radius 1 is 1.33 bits per heavy atom. The minimum absolute atomic E-state index is 0.168. The summed E-state index contributed by atoms with van der Waals surface area (Å²) >= 11 is 0. The molecular weight excluding hydrogens is 192 g/mol. The standard InChI is InChI=1S/C8H12N4O.C2H6/c1-6(2)7-5-8(11-13-7)12-9-3-4-10-12;1-2/h3-4,6-7H,5H2,1-2H3;1-2H3. The van der Waals surface area contributed by atoms with Gasteiger partial charge in [0.25, 0.3) is 0 Å². The van der Waals surface area contributed by atoms with E-state index in [0.717, 1.165) is 12.3 Å². The van der Waals surface area contributed by atoms with Gasteiger partial charge in [-0.15, -0.1) is 4.80 Å². The van der Waals surface area contributed by atoms with Crippen molar-refractivity contribution in [2.45, 2.75) is 40.2 Å². The van der Waals surface area contributed by atoms with Crippen molar-refractivity contribution >= 4 is 5.84 Å². The highest BCUT2D eigenvalue weighted by molar-refractivity contribution is 5.83. The van der Waals surface area contributed by atoms with E-state index in [1.54, 1.807) is 12.4 Å². The molecule has 5 heteroatoms. The topological polar surface area (TPSA) is 52.3 Å². The van der Waals surface area contributed by atoms with Crippen molar-refractivity contribution in [1.29, 1.82) is 0 Å². The van der Waals surface area contributed by atoms with Gasteiger partial charge in [0.1, 0.15) is 6.10 Å². The predicted octanol–water partition coefficient (Wildman–Crippen LogP) is 1.91. The zero-order chi connectivity index (χ0) is 11.3. The maximum atomic E-state index is 5.24. The molecule has 0 radical (unpaired) electrons. The first-order valence-electron chi connectivity index (χ1n) is 5.37. The van der Waals surface area contributed by atoms with E-state index in [-0.39, 0.29) is 6.10 Å². The number of aromatic nitrogens is 3. The van der Waals surface area contributed by atoms with Crippen molar-refractivity contribution in [2.75, 3.05) is 0 Å². The van der Waals surface area contributed by atoms with Gasteiger partial charge in [-0.2, -0.15) is 10.2 Å². The van der Waals surface area contributed by atoms with Crippen LogP contribution in [0.5, 0.6) is 0 Å². The van der Waals surface area contributed by atoms with Crippen LogP contribution in [0.4, 0.5) is 0 Å². The fourth-order valence-corrected chi connectivity index (χ4v) is 1.21. The second kappa shape index (κ2) is 5.48. The first-order valence-corrected chi connectivity index (χ1v) is 5.37. The second-order valence-corrected chi connectivity index (χ2v) is 3.42. The first-order chi connectivity index (χ1) is 7.27. The minimum Gasteiger partial charge on any atom is -0.390 e. The molecule has 1 aromatic rings. The lowest BCUT2D eigenvalue weighted by atomic mass is 10.0. The van der Waals surface area contributed by atoms with Crippen LogP contribution in [0.2, 0.25) is 0 Å². The van der Waals surface area contributed by atoms with Gasteiger partial charge in [0.15, 0.2) is 5.84 Å². The summed E-state index contributed by atoms with van der Waals surface area (Å²) in [5.41, 5.74) is 0. The van der Waals surface area contributed by atoms with Crippen molar-refractivity contribution in [3.8, 4) is 0 Å². The van der Waals surface area contributed by atoms with E-state index in [9.17, 15) is 0 Å². The molecule has 84 valence electrons. The van der Waals surface area contributed by atoms with Crippen LogP contribution in [0.3, 0.4) is 0 Å². The smallest absolute Gasteiger partial charge is 0.193 e. The molecule has 0 aliphatic carbocycles. The Kier molecular flexibility index (Phi) is 4.27. The van der Waals surface area contributed by atoms with Gasteiger partial charge in [-0.3, -0.25) is 0 Å². The Labute approximate surface area is 90.1 Å². The average molecular weight is 210 g/mol. The van der Waals surface area contributed by atoms with Crippen molar-refractivity contribution in [2.24, 2.45) is 11.1 Å². The van der Waals surface area contributed by atoms with E-state index in [0.29, 0.717) is 5.92 Å². The van der Waals surface area contributed by atoms with Gasteiger partial charge >= 0.3 is 0 Å². The molecular formula is C10H18N4O. The predicted molar refractivity (Wildman–Crippen MR) is 58.5 cm³/mol. The zero-order valence-electron chi connectivity index (χ0n) is 9.71. The summed E-state index contributed by atoms with van der Waals surface area (Å²) in [4.78, 5) is 6.74. The van der Waals surface area contributed by atoms with Crippen LogP contribution in [0, 0.1) is 5.92 Å². The molecule has 2 heterocycles. The zero-order valence-corrected chi connectivity index (χ0v) is 9.71. The first kappa shape index (κ1) is 11.7. The Bertz CT molecular complexity index is 305. The van der Waals surface area contributed by atoms with Gasteiger partial charge in [-0.1, -0.05) is 32.9 Å². The van der Waals surface area contributed by atoms with Crippen LogP contribution < -0.4 is 0 Å². The van der Waals surface area contributed by atoms with Crippen LogP contribution in [-0.2, 0) is 4.84 Å². The van der Waals surface area contributed by atoms with Gasteiger partial charge in [0.2, 0.25) is 0 Å². The molecule has 2 rings (SSSR count). The lowest BCUT2D eigenvalue weighted by Crippen LogP contribution is -2.19. The molecule has 1 aliphatic heterocycles. The molecule has 0 bridgehead atoms. The number of oxime groups is 1. The van der Waals surface area contributed by atoms with Gasteiger partial charge in [-0.25, -0.2) is 0 Å². The number of nitrogens with zero attached hydrogens (tertiary/aromatic N) is 4. The second-order valence-electron chi connectivity index (χ2n) is 3.42. The summed E-state index contributed by atoms with van der Waals surface area (Å²) in [6.07, 6.45) is 4.21. The molecule has 0 amide bonds. The molecule has 0 aromatic carbocycles. The third kappa shape index (κ3) is 2.78. The molecule has 0 saturated carbocycles. The van der Waals surface area contributed by atoms with E-state index in [1.807, 2.05) is 13.8 Å². The molecule has 1 atom stereocenters. The van der Waals surface area contributed by atoms with Crippen LogP contribution in [0.15, 0.2) is 17.5 Å². The van der Waals surface area contributed by atoms with Crippen LogP contribution in [0.25, 0.3) is 0 Å². The third-order valence-corrected chi connectivity index (χ3v) is 2.07. The van der Waals surface area contributed by atoms with Gasteiger partial charge < -0.3 is 4.84 Å². The maximum Gasteiger partial charge on any atom is 0.193 e. The van der Waals surface area contributed by atoms with E-state index < -0.39 is 0 Å². The fraction of sp³-hybridized carbons (Fsp3) is 0.700. The molecule has 1 aliphatic rings. The summed E-state index contributed by atoms with van der Waals surface area (Å²) in [5.74, 6) is 1.25. The Balaban J connectivity index is 0.000000531. The Morgan fingerprint density at radius 2 is 1.93 bits per heavy atom. The number of hydrogen-bond donors (Lipinski definition) is 0. The average Bonchev–Trinajstić information content (AvgIpc) is 2.91. The highest BCUT2D eigenvalue weighted by atomic mass is 16.6. The van der Waals surface area contributed by atoms with Crippen LogP contribution in [-0.4, -0.2) is 26.9 Å². The van der Waals surface area contributed by atoms with Crippen LogP contribution >= 0.6 is 0 Å². The molecule has 1 aromatic heterocycles. The number of hydrogen-bond acceptors (Lipinski definition) is 4. The van der Waals surface area contributed by atoms with Crippen LogP contribution in [0.1, 0.15) is 34.1 Å². The summed E-state index contributed by atoms with van der Waals surface area (Å²) in [6.45, 7) is 8.22. The lowest BCUT2D eigenvalue weighted by Gasteiger charge is -2.10. The quantitative estimate of drug-likeness (QED) is 0.711. The molecule has 15 heavy (non-hydrogen) atoms. The highest BCUT2D eigenvalue weighted by Gasteiger charge is 2.25. The summed E-state index contributed by atoms with van der Waals surface area (Å²) in [6, 6.07) is 0. The normalized spacial score (nSPS) is 19.3. The van der Waals surface area contributed by atoms with Gasteiger partial charge in [0, 0.05) is 0 Å². The van der Waals surface area contributed by atoms with Crippen molar-refractivity contribution in [3.63, 3.8) is 0 Å². The molecule has 0 spiro atoms. The van der Waals surface area contributed by atoms with Crippen molar-refractivity contribution in [1.82, 2.24) is 15.0 Å². The van der Waals surface area contributed by atoms with E-state index in [4.69, 9.17) is 4.84 Å². The third-order valence-electron chi connectivity index (χ3n) is 2.07. The highest BCUT2D eigenvalue weighted by Crippen LogP contribution is 2.17. The monoisotopic (exact) mass is 210 g/mol. The molecule has 5 nitrogen and oxygen atoms in total. The van der Waals surface area contributed by atoms with Gasteiger partial charge in [-0.05, 0) is 5.92 Å². The van der Waals surface area contributed by atoms with Crippen molar-refractivity contribution < 1.29 is 4.84 Å². The number of rotatable bonds is 1. The van der Waals surface area contributed by atoms with E-state index >= 15 is 0 Å². The van der Waals surface area contributed by atoms with Crippen molar-refractivity contribution in [3.05, 3.63) is 12.4 Å². The largest absolute Gasteiger partial charge is 0.390 e. The molecule has 0 fully saturated rings. The molecule has 0 N–H and O–H groups in total. The lowest BCUT2D eigenvalue weighted by molar-refractivity contribution is 0.0521. The summed E-state index contributed by atoms with van der Waals surface area (Å²) < 4.78 is 0. The Hall–Kier alpha value is -1.39. The fourth-order valence-electron chi connectivity index (χ4n) is 1.21. The maximum absolute atomic E-state index is 5.24. The van der Waals surface area contributed by atoms with E-state index in [1.165, 1.54) is 4.80 Å². The van der Waals surface area contributed by atoms with E-state index in [2.05, 4.69) is 29.2 Å². The summed E-state index contributed by atoms with van der Waals surface area (Å²) in [7, 11) is 0. The summed E-state index contributed by atoms with van der Waals surface area (Å²) in [5, 5.41) is 11.9. The molecule has 1 unspecified atom stereocenters. The SMILES string of the molecule is CC.CC(C)C1CC(n2nccn2)=NO1.